The average molecular weight is 341 g/mol. The van der Waals surface area contributed by atoms with Crippen LogP contribution in [0.2, 0.25) is 0 Å². The van der Waals surface area contributed by atoms with Crippen LogP contribution >= 0.6 is 0 Å². The third-order valence-electron chi connectivity index (χ3n) is 4.40. The molecule has 1 atom stereocenters. The normalized spacial score (nSPS) is 17.2. The summed E-state index contributed by atoms with van der Waals surface area (Å²) < 4.78 is 11.2. The fourth-order valence-corrected chi connectivity index (χ4v) is 3.06. The topological polar surface area (TPSA) is 77.7 Å². The van der Waals surface area contributed by atoms with Crippen molar-refractivity contribution >= 4 is 11.7 Å². The minimum atomic E-state index is -0.432. The Labute approximate surface area is 147 Å². The second-order valence-corrected chi connectivity index (χ2v) is 6.21. The van der Waals surface area contributed by atoms with E-state index in [1.165, 1.54) is 0 Å². The zero-order valence-corrected chi connectivity index (χ0v) is 14.4. The Hall–Kier alpha value is -2.76. The SMILES string of the molecule is COc1cccc(OC[C@@H]2CCCN(c3cc(C(N)=O)ccn3)C2)c1. The number of carbonyl (C=O) groups is 1. The summed E-state index contributed by atoms with van der Waals surface area (Å²) in [6.45, 7) is 2.41. The number of anilines is 1. The highest BCUT2D eigenvalue weighted by molar-refractivity contribution is 5.93. The second-order valence-electron chi connectivity index (χ2n) is 6.21. The van der Waals surface area contributed by atoms with E-state index in [-0.39, 0.29) is 0 Å². The van der Waals surface area contributed by atoms with Crippen molar-refractivity contribution < 1.29 is 14.3 Å². The number of hydrogen-bond acceptors (Lipinski definition) is 5. The van der Waals surface area contributed by atoms with Crippen LogP contribution < -0.4 is 20.1 Å². The number of ether oxygens (including phenoxy) is 2. The van der Waals surface area contributed by atoms with Crippen LogP contribution in [0.15, 0.2) is 42.6 Å². The largest absolute Gasteiger partial charge is 0.497 e. The molecule has 0 radical (unpaired) electrons. The molecule has 0 saturated carbocycles. The number of aromatic nitrogens is 1. The first-order chi connectivity index (χ1) is 12.2. The number of primary amides is 1. The molecule has 1 saturated heterocycles. The first-order valence-electron chi connectivity index (χ1n) is 8.43. The molecule has 0 aliphatic carbocycles. The quantitative estimate of drug-likeness (QED) is 0.873. The maximum absolute atomic E-state index is 11.4. The van der Waals surface area contributed by atoms with Crippen molar-refractivity contribution in [3.05, 3.63) is 48.2 Å². The van der Waals surface area contributed by atoms with Crippen LogP contribution in [-0.2, 0) is 0 Å². The Morgan fingerprint density at radius 1 is 1.32 bits per heavy atom. The molecule has 2 aromatic rings. The van der Waals surface area contributed by atoms with Gasteiger partial charge in [0.15, 0.2) is 0 Å². The Balaban J connectivity index is 1.61. The van der Waals surface area contributed by atoms with Gasteiger partial charge in [-0.1, -0.05) is 6.07 Å². The summed E-state index contributed by atoms with van der Waals surface area (Å²) in [5, 5.41) is 0. The van der Waals surface area contributed by atoms with Gasteiger partial charge in [-0.15, -0.1) is 0 Å². The maximum Gasteiger partial charge on any atom is 0.248 e. The van der Waals surface area contributed by atoms with E-state index in [0.717, 1.165) is 43.2 Å². The maximum atomic E-state index is 11.4. The molecule has 25 heavy (non-hydrogen) atoms. The van der Waals surface area contributed by atoms with Gasteiger partial charge in [-0.2, -0.15) is 0 Å². The van der Waals surface area contributed by atoms with Gasteiger partial charge in [-0.05, 0) is 37.1 Å². The number of hydrogen-bond donors (Lipinski definition) is 1. The Bertz CT molecular complexity index is 735. The predicted molar refractivity (Wildman–Crippen MR) is 96.2 cm³/mol. The number of rotatable bonds is 6. The molecule has 0 bridgehead atoms. The van der Waals surface area contributed by atoms with Crippen molar-refractivity contribution in [1.29, 1.82) is 0 Å². The standard InChI is InChI=1S/C19H23N3O3/c1-24-16-5-2-6-17(11-16)25-13-14-4-3-9-22(12-14)18-10-15(19(20)23)7-8-21-18/h2,5-8,10-11,14H,3-4,9,12-13H2,1H3,(H2,20,23)/t14-/m1/s1. The number of amides is 1. The minimum absolute atomic E-state index is 0.402. The van der Waals surface area contributed by atoms with E-state index in [4.69, 9.17) is 15.2 Å². The zero-order valence-electron chi connectivity index (χ0n) is 14.4. The van der Waals surface area contributed by atoms with Crippen LogP contribution in [0.1, 0.15) is 23.2 Å². The number of nitrogens with zero attached hydrogens (tertiary/aromatic N) is 2. The molecule has 3 rings (SSSR count). The van der Waals surface area contributed by atoms with Crippen LogP contribution in [0.5, 0.6) is 11.5 Å². The van der Waals surface area contributed by atoms with Gasteiger partial charge >= 0.3 is 0 Å². The lowest BCUT2D eigenvalue weighted by atomic mass is 9.99. The van der Waals surface area contributed by atoms with Crippen molar-refractivity contribution in [3.63, 3.8) is 0 Å². The van der Waals surface area contributed by atoms with Crippen molar-refractivity contribution in [1.82, 2.24) is 4.98 Å². The molecule has 1 amide bonds. The second kappa shape index (κ2) is 7.88. The van der Waals surface area contributed by atoms with Crippen molar-refractivity contribution in [2.45, 2.75) is 12.8 Å². The van der Waals surface area contributed by atoms with Crippen molar-refractivity contribution in [2.75, 3.05) is 31.7 Å². The van der Waals surface area contributed by atoms with E-state index in [0.29, 0.717) is 18.1 Å². The van der Waals surface area contributed by atoms with Crippen molar-refractivity contribution in [3.8, 4) is 11.5 Å². The molecule has 2 heterocycles. The monoisotopic (exact) mass is 341 g/mol. The molecule has 1 aliphatic heterocycles. The molecule has 132 valence electrons. The van der Waals surface area contributed by atoms with E-state index in [9.17, 15) is 4.79 Å². The van der Waals surface area contributed by atoms with Crippen LogP contribution in [0.25, 0.3) is 0 Å². The molecule has 1 aromatic heterocycles. The van der Waals surface area contributed by atoms with E-state index >= 15 is 0 Å². The summed E-state index contributed by atoms with van der Waals surface area (Å²) in [6, 6.07) is 11.0. The van der Waals surface area contributed by atoms with Gasteiger partial charge in [0.2, 0.25) is 5.91 Å². The summed E-state index contributed by atoms with van der Waals surface area (Å²) in [4.78, 5) is 17.9. The lowest BCUT2D eigenvalue weighted by Crippen LogP contribution is -2.38. The molecular formula is C19H23N3O3. The minimum Gasteiger partial charge on any atom is -0.497 e. The molecule has 6 nitrogen and oxygen atoms in total. The summed E-state index contributed by atoms with van der Waals surface area (Å²) in [5.74, 6) is 2.36. The molecule has 6 heteroatoms. The summed E-state index contributed by atoms with van der Waals surface area (Å²) >= 11 is 0. The highest BCUT2D eigenvalue weighted by atomic mass is 16.5. The van der Waals surface area contributed by atoms with E-state index in [1.807, 2.05) is 24.3 Å². The number of methoxy groups -OCH3 is 1. The molecule has 2 N–H and O–H groups in total. The Morgan fingerprint density at radius 3 is 2.96 bits per heavy atom. The molecular weight excluding hydrogens is 318 g/mol. The van der Waals surface area contributed by atoms with Gasteiger partial charge < -0.3 is 20.1 Å². The summed E-state index contributed by atoms with van der Waals surface area (Å²) in [7, 11) is 1.64. The Morgan fingerprint density at radius 2 is 2.16 bits per heavy atom. The van der Waals surface area contributed by atoms with Gasteiger partial charge in [0.25, 0.3) is 0 Å². The highest BCUT2D eigenvalue weighted by Crippen LogP contribution is 2.24. The molecule has 1 aliphatic rings. The first kappa shape index (κ1) is 17.1. The molecule has 0 spiro atoms. The lowest BCUT2D eigenvalue weighted by Gasteiger charge is -2.33. The van der Waals surface area contributed by atoms with Crippen LogP contribution in [0.4, 0.5) is 5.82 Å². The van der Waals surface area contributed by atoms with Gasteiger partial charge in [-0.3, -0.25) is 4.79 Å². The van der Waals surface area contributed by atoms with Crippen LogP contribution in [0, 0.1) is 5.92 Å². The van der Waals surface area contributed by atoms with Gasteiger partial charge in [0, 0.05) is 36.8 Å². The van der Waals surface area contributed by atoms with Gasteiger partial charge in [-0.25, -0.2) is 4.98 Å². The smallest absolute Gasteiger partial charge is 0.248 e. The van der Waals surface area contributed by atoms with E-state index in [1.54, 1.807) is 25.4 Å². The fourth-order valence-electron chi connectivity index (χ4n) is 3.06. The number of carbonyl (C=O) groups excluding carboxylic acids is 1. The molecule has 0 unspecified atom stereocenters. The summed E-state index contributed by atoms with van der Waals surface area (Å²) in [6.07, 6.45) is 3.80. The lowest BCUT2D eigenvalue weighted by molar-refractivity contribution is 0.1000. The van der Waals surface area contributed by atoms with Crippen LogP contribution in [-0.4, -0.2) is 37.7 Å². The third kappa shape index (κ3) is 4.41. The van der Waals surface area contributed by atoms with E-state index < -0.39 is 5.91 Å². The number of benzene rings is 1. The van der Waals surface area contributed by atoms with Gasteiger partial charge in [0.05, 0.1) is 13.7 Å². The number of piperidine rings is 1. The molecule has 1 fully saturated rings. The van der Waals surface area contributed by atoms with Crippen molar-refractivity contribution in [2.24, 2.45) is 11.7 Å². The Kier molecular flexibility index (Phi) is 5.38. The highest BCUT2D eigenvalue weighted by Gasteiger charge is 2.22. The third-order valence-corrected chi connectivity index (χ3v) is 4.40. The predicted octanol–water partition coefficient (Wildman–Crippen LogP) is 2.48. The average Bonchev–Trinajstić information content (AvgIpc) is 2.67. The van der Waals surface area contributed by atoms with E-state index in [2.05, 4.69) is 9.88 Å². The number of pyridine rings is 1. The van der Waals surface area contributed by atoms with Gasteiger partial charge in [0.1, 0.15) is 17.3 Å². The van der Waals surface area contributed by atoms with Crippen LogP contribution in [0.3, 0.4) is 0 Å². The zero-order chi connectivity index (χ0) is 17.6. The number of nitrogens with two attached hydrogens (primary N) is 1. The molecule has 1 aromatic carbocycles. The first-order valence-corrected chi connectivity index (χ1v) is 8.43. The summed E-state index contributed by atoms with van der Waals surface area (Å²) in [5.41, 5.74) is 5.85. The fraction of sp³-hybridized carbons (Fsp3) is 0.368.